The second kappa shape index (κ2) is 8.43. The molecule has 0 N–H and O–H groups in total. The maximum absolute atomic E-state index is 13.1. The van der Waals surface area contributed by atoms with Crippen molar-refractivity contribution in [3.05, 3.63) is 119 Å². The van der Waals surface area contributed by atoms with Crippen molar-refractivity contribution >= 4 is 52.2 Å². The van der Waals surface area contributed by atoms with Crippen LogP contribution in [0.25, 0.3) is 29.6 Å². The van der Waals surface area contributed by atoms with E-state index in [1.54, 1.807) is 46.9 Å². The molecule has 2 aromatic heterocycles. The molecule has 0 fully saturated rings. The highest BCUT2D eigenvalue weighted by molar-refractivity contribution is 7.36. The van der Waals surface area contributed by atoms with Gasteiger partial charge in [-0.3, -0.25) is 0 Å². The zero-order valence-corrected chi connectivity index (χ0v) is 19.3. The zero-order valence-electron chi connectivity index (χ0n) is 17.7. The van der Waals surface area contributed by atoms with Crippen LogP contribution < -0.4 is 0 Å². The third kappa shape index (κ3) is 3.95. The first-order chi connectivity index (χ1) is 16.6. The van der Waals surface area contributed by atoms with Crippen molar-refractivity contribution in [3.8, 4) is 23.7 Å². The molecule has 0 radical (unpaired) electrons. The van der Waals surface area contributed by atoms with E-state index in [1.165, 1.54) is 53.8 Å². The minimum Gasteiger partial charge on any atom is -0.207 e. The second-order valence-electron chi connectivity index (χ2n) is 7.80. The molecule has 0 saturated heterocycles. The number of fused-ring (bicyclic) bond motifs is 5. The van der Waals surface area contributed by atoms with Gasteiger partial charge < -0.3 is 0 Å². The highest BCUT2D eigenvalue weighted by atomic mass is 32.1. The minimum atomic E-state index is -0.259. The maximum Gasteiger partial charge on any atom is 0.123 e. The molecule has 0 bridgehead atoms. The first-order valence-electron chi connectivity index (χ1n) is 10.6. The number of rotatable bonds is 0. The number of hydrogen-bond acceptors (Lipinski definition) is 2. The first-order valence-corrected chi connectivity index (χ1v) is 12.2. The van der Waals surface area contributed by atoms with Gasteiger partial charge in [0.05, 0.1) is 9.40 Å². The number of benzene rings is 4. The Bertz CT molecular complexity index is 1680. The lowest BCUT2D eigenvalue weighted by Gasteiger charge is -1.94. The van der Waals surface area contributed by atoms with Gasteiger partial charge in [0, 0.05) is 42.4 Å². The summed E-state index contributed by atoms with van der Waals surface area (Å²) in [5.41, 5.74) is 3.46. The summed E-state index contributed by atoms with van der Waals surface area (Å²) >= 11 is 3.55. The molecule has 4 aromatic carbocycles. The average Bonchev–Trinajstić information content (AvgIpc) is 3.38. The summed E-state index contributed by atoms with van der Waals surface area (Å²) in [6, 6.07) is 25.0. The summed E-state index contributed by atoms with van der Waals surface area (Å²) in [4.78, 5) is 0. The molecule has 6 rings (SSSR count). The second-order valence-corrected chi connectivity index (χ2v) is 9.90. The summed E-state index contributed by atoms with van der Waals surface area (Å²) in [6.45, 7) is 0. The number of halogens is 2. The van der Waals surface area contributed by atoms with Crippen molar-refractivity contribution in [2.24, 2.45) is 0 Å². The molecule has 0 spiro atoms. The van der Waals surface area contributed by atoms with Gasteiger partial charge in [0.1, 0.15) is 11.6 Å². The first kappa shape index (κ1) is 20.6. The molecule has 0 aliphatic rings. The highest BCUT2D eigenvalue weighted by Gasteiger charge is 2.12. The fourth-order valence-electron chi connectivity index (χ4n) is 3.77. The molecular formula is C30H14F2S2. The van der Waals surface area contributed by atoms with Gasteiger partial charge in [-0.15, -0.1) is 22.7 Å². The van der Waals surface area contributed by atoms with Crippen LogP contribution in [0.3, 0.4) is 0 Å². The zero-order chi connectivity index (χ0) is 23.1. The largest absolute Gasteiger partial charge is 0.207 e. The fourth-order valence-corrected chi connectivity index (χ4v) is 6.50. The van der Waals surface area contributed by atoms with E-state index >= 15 is 0 Å². The van der Waals surface area contributed by atoms with Gasteiger partial charge in [-0.2, -0.15) is 0 Å². The molecule has 0 aliphatic heterocycles. The summed E-state index contributed by atoms with van der Waals surface area (Å²) in [7, 11) is 0. The SMILES string of the molecule is Fc1ccc(C#Cc2ccc3c(c2)sc2c4ccc(C#Cc5ccc(F)cc5)cc4sc32)cc1. The Morgan fingerprint density at radius 3 is 1.21 bits per heavy atom. The van der Waals surface area contributed by atoms with Crippen molar-refractivity contribution in [2.45, 2.75) is 0 Å². The van der Waals surface area contributed by atoms with E-state index < -0.39 is 0 Å². The van der Waals surface area contributed by atoms with E-state index in [4.69, 9.17) is 0 Å². The van der Waals surface area contributed by atoms with Crippen LogP contribution in [-0.2, 0) is 0 Å². The van der Waals surface area contributed by atoms with Crippen LogP contribution in [0.4, 0.5) is 8.78 Å². The monoisotopic (exact) mass is 476 g/mol. The van der Waals surface area contributed by atoms with E-state index in [1.807, 2.05) is 12.1 Å². The summed E-state index contributed by atoms with van der Waals surface area (Å²) in [5.74, 6) is 12.1. The Balaban J connectivity index is 1.35. The standard InChI is InChI=1S/C30H14F2S2/c31-23-11-5-19(6-12-23)1-3-21-9-15-25-27(17-21)33-30-26-16-10-22(18-28(26)34-29(25)30)4-2-20-7-13-24(32)14-8-20/h5-18H. The predicted molar refractivity (Wildman–Crippen MR) is 139 cm³/mol. The molecular weight excluding hydrogens is 462 g/mol. The molecule has 0 nitrogen and oxygen atoms in total. The molecule has 0 unspecified atom stereocenters. The Hall–Kier alpha value is -3.96. The van der Waals surface area contributed by atoms with Crippen LogP contribution in [-0.4, -0.2) is 0 Å². The lowest BCUT2D eigenvalue weighted by molar-refractivity contribution is 0.627. The molecule has 4 heteroatoms. The Morgan fingerprint density at radius 1 is 0.441 bits per heavy atom. The van der Waals surface area contributed by atoms with Gasteiger partial charge in [0.2, 0.25) is 0 Å². The number of hydrogen-bond donors (Lipinski definition) is 0. The van der Waals surface area contributed by atoms with Gasteiger partial charge in [0.25, 0.3) is 0 Å². The molecule has 160 valence electrons. The lowest BCUT2D eigenvalue weighted by Crippen LogP contribution is -1.77. The molecule has 2 heterocycles. The van der Waals surface area contributed by atoms with Gasteiger partial charge in [-0.05, 0) is 72.8 Å². The summed E-state index contributed by atoms with van der Waals surface area (Å²) < 4.78 is 31.1. The van der Waals surface area contributed by atoms with Crippen molar-refractivity contribution < 1.29 is 8.78 Å². The van der Waals surface area contributed by atoms with Gasteiger partial charge in [-0.25, -0.2) is 8.78 Å². The number of thiophene rings is 2. The van der Waals surface area contributed by atoms with Crippen molar-refractivity contribution in [1.29, 1.82) is 0 Å². The van der Waals surface area contributed by atoms with E-state index in [0.717, 1.165) is 22.3 Å². The lowest BCUT2D eigenvalue weighted by atomic mass is 10.1. The smallest absolute Gasteiger partial charge is 0.123 e. The topological polar surface area (TPSA) is 0 Å². The normalized spacial score (nSPS) is 10.8. The Kier molecular flexibility index (Phi) is 5.12. The Labute approximate surface area is 203 Å². The molecule has 0 saturated carbocycles. The third-order valence-corrected chi connectivity index (χ3v) is 7.97. The maximum atomic E-state index is 13.1. The predicted octanol–water partition coefficient (Wildman–Crippen LogP) is 8.35. The molecule has 0 amide bonds. The third-order valence-electron chi connectivity index (χ3n) is 5.47. The fraction of sp³-hybridized carbons (Fsp3) is 0. The van der Waals surface area contributed by atoms with Crippen molar-refractivity contribution in [2.75, 3.05) is 0 Å². The van der Waals surface area contributed by atoms with Gasteiger partial charge >= 0.3 is 0 Å². The molecule has 6 aromatic rings. The molecule has 0 aliphatic carbocycles. The van der Waals surface area contributed by atoms with Crippen LogP contribution >= 0.6 is 22.7 Å². The van der Waals surface area contributed by atoms with Crippen LogP contribution in [0.15, 0.2) is 84.9 Å². The summed E-state index contributed by atoms with van der Waals surface area (Å²) in [5, 5.41) is 2.46. The van der Waals surface area contributed by atoms with Crippen LogP contribution in [0.2, 0.25) is 0 Å². The quantitative estimate of drug-likeness (QED) is 0.193. The average molecular weight is 477 g/mol. The van der Waals surface area contributed by atoms with Gasteiger partial charge in [0.15, 0.2) is 0 Å². The van der Waals surface area contributed by atoms with Crippen LogP contribution in [0.5, 0.6) is 0 Å². The van der Waals surface area contributed by atoms with E-state index in [0.29, 0.717) is 0 Å². The highest BCUT2D eigenvalue weighted by Crippen LogP contribution is 2.44. The summed E-state index contributed by atoms with van der Waals surface area (Å²) in [6.07, 6.45) is 0. The Morgan fingerprint density at radius 2 is 0.794 bits per heavy atom. The van der Waals surface area contributed by atoms with Crippen LogP contribution in [0.1, 0.15) is 22.3 Å². The van der Waals surface area contributed by atoms with Crippen LogP contribution in [0, 0.1) is 35.3 Å². The minimum absolute atomic E-state index is 0.259. The van der Waals surface area contributed by atoms with E-state index in [-0.39, 0.29) is 11.6 Å². The van der Waals surface area contributed by atoms with Gasteiger partial charge in [-0.1, -0.05) is 35.8 Å². The molecule has 34 heavy (non-hydrogen) atoms. The van der Waals surface area contributed by atoms with E-state index in [9.17, 15) is 8.78 Å². The van der Waals surface area contributed by atoms with Crippen molar-refractivity contribution in [1.82, 2.24) is 0 Å². The van der Waals surface area contributed by atoms with E-state index in [2.05, 4.69) is 47.9 Å². The molecule has 0 atom stereocenters. The van der Waals surface area contributed by atoms with Crippen molar-refractivity contribution in [3.63, 3.8) is 0 Å².